The summed E-state index contributed by atoms with van der Waals surface area (Å²) in [5, 5.41) is 7.27. The number of hydrogen-bond donors (Lipinski definition) is 2. The van der Waals surface area contributed by atoms with E-state index in [2.05, 4.69) is 31.4 Å². The first-order valence-corrected chi connectivity index (χ1v) is 8.16. The van der Waals surface area contributed by atoms with Crippen LogP contribution in [0.2, 0.25) is 5.02 Å². The lowest BCUT2D eigenvalue weighted by Crippen LogP contribution is -2.52. The standard InChI is InChI=1S/C17H25ClN2O/c1-11(2)15(13-6-8-14(18)9-7-13)20-17(21)16-12(3)5-4-10-19-16/h6-9,11-12,15-16,19H,4-5,10H2,1-3H3,(H,20,21). The van der Waals surface area contributed by atoms with E-state index < -0.39 is 0 Å². The van der Waals surface area contributed by atoms with Gasteiger partial charge in [0.15, 0.2) is 0 Å². The number of benzene rings is 1. The van der Waals surface area contributed by atoms with Gasteiger partial charge in [-0.3, -0.25) is 4.79 Å². The summed E-state index contributed by atoms with van der Waals surface area (Å²) in [4.78, 5) is 12.6. The van der Waals surface area contributed by atoms with Gasteiger partial charge in [-0.1, -0.05) is 44.5 Å². The molecule has 1 aromatic rings. The molecule has 116 valence electrons. The van der Waals surface area contributed by atoms with Crippen molar-refractivity contribution in [3.05, 3.63) is 34.9 Å². The van der Waals surface area contributed by atoms with Crippen molar-refractivity contribution >= 4 is 17.5 Å². The molecule has 0 saturated carbocycles. The summed E-state index contributed by atoms with van der Waals surface area (Å²) in [6.45, 7) is 7.31. The van der Waals surface area contributed by atoms with Crippen LogP contribution in [0.3, 0.4) is 0 Å². The third-order valence-corrected chi connectivity index (χ3v) is 4.50. The molecular formula is C17H25ClN2O. The molecule has 1 aromatic carbocycles. The molecule has 0 aromatic heterocycles. The number of amides is 1. The third kappa shape index (κ3) is 4.21. The molecule has 0 spiro atoms. The average Bonchev–Trinajstić information content (AvgIpc) is 2.46. The molecule has 1 amide bonds. The van der Waals surface area contributed by atoms with Gasteiger partial charge in [0.1, 0.15) is 0 Å². The molecule has 2 rings (SSSR count). The molecule has 1 heterocycles. The van der Waals surface area contributed by atoms with Crippen LogP contribution in [-0.4, -0.2) is 18.5 Å². The highest BCUT2D eigenvalue weighted by atomic mass is 35.5. The van der Waals surface area contributed by atoms with Gasteiger partial charge in [-0.15, -0.1) is 0 Å². The number of halogens is 1. The fourth-order valence-electron chi connectivity index (χ4n) is 2.95. The van der Waals surface area contributed by atoms with E-state index in [0.717, 1.165) is 30.0 Å². The zero-order chi connectivity index (χ0) is 15.4. The van der Waals surface area contributed by atoms with E-state index in [-0.39, 0.29) is 18.0 Å². The van der Waals surface area contributed by atoms with Gasteiger partial charge < -0.3 is 10.6 Å². The molecule has 21 heavy (non-hydrogen) atoms. The van der Waals surface area contributed by atoms with E-state index >= 15 is 0 Å². The highest BCUT2D eigenvalue weighted by Gasteiger charge is 2.29. The van der Waals surface area contributed by atoms with Crippen molar-refractivity contribution in [2.75, 3.05) is 6.54 Å². The zero-order valence-electron chi connectivity index (χ0n) is 13.0. The molecule has 4 heteroatoms. The summed E-state index contributed by atoms with van der Waals surface area (Å²) in [5.74, 6) is 0.821. The minimum absolute atomic E-state index is 0.0192. The van der Waals surface area contributed by atoms with Crippen LogP contribution < -0.4 is 10.6 Å². The summed E-state index contributed by atoms with van der Waals surface area (Å²) in [5.41, 5.74) is 1.10. The van der Waals surface area contributed by atoms with Crippen molar-refractivity contribution in [1.82, 2.24) is 10.6 Å². The van der Waals surface area contributed by atoms with E-state index in [1.807, 2.05) is 24.3 Å². The largest absolute Gasteiger partial charge is 0.348 e. The predicted octanol–water partition coefficient (Wildman–Crippen LogP) is 3.54. The Morgan fingerprint density at radius 2 is 2.00 bits per heavy atom. The zero-order valence-corrected chi connectivity index (χ0v) is 13.8. The van der Waals surface area contributed by atoms with Crippen LogP contribution in [0.15, 0.2) is 24.3 Å². The summed E-state index contributed by atoms with van der Waals surface area (Å²) < 4.78 is 0. The maximum absolute atomic E-state index is 12.6. The Kier molecular flexibility index (Phi) is 5.65. The van der Waals surface area contributed by atoms with Crippen LogP contribution >= 0.6 is 11.6 Å². The molecule has 1 fully saturated rings. The number of carbonyl (C=O) groups excluding carboxylic acids is 1. The molecule has 0 radical (unpaired) electrons. The first-order chi connectivity index (χ1) is 9.99. The quantitative estimate of drug-likeness (QED) is 0.893. The molecule has 1 aliphatic rings. The fraction of sp³-hybridized carbons (Fsp3) is 0.588. The average molecular weight is 309 g/mol. The van der Waals surface area contributed by atoms with Gasteiger partial charge in [-0.05, 0) is 48.9 Å². The van der Waals surface area contributed by atoms with E-state index in [0.29, 0.717) is 11.8 Å². The molecule has 3 unspecified atom stereocenters. The fourth-order valence-corrected chi connectivity index (χ4v) is 3.07. The smallest absolute Gasteiger partial charge is 0.237 e. The monoisotopic (exact) mass is 308 g/mol. The maximum Gasteiger partial charge on any atom is 0.237 e. The lowest BCUT2D eigenvalue weighted by molar-refractivity contribution is -0.126. The van der Waals surface area contributed by atoms with Gasteiger partial charge in [0.05, 0.1) is 12.1 Å². The van der Waals surface area contributed by atoms with Gasteiger partial charge >= 0.3 is 0 Å². The Balaban J connectivity index is 2.09. The van der Waals surface area contributed by atoms with Crippen LogP contribution in [0.4, 0.5) is 0 Å². The third-order valence-electron chi connectivity index (χ3n) is 4.25. The van der Waals surface area contributed by atoms with Crippen molar-refractivity contribution in [3.8, 4) is 0 Å². The Morgan fingerprint density at radius 1 is 1.33 bits per heavy atom. The predicted molar refractivity (Wildman–Crippen MR) is 87.4 cm³/mol. The lowest BCUT2D eigenvalue weighted by atomic mass is 9.90. The normalized spacial score (nSPS) is 23.9. The van der Waals surface area contributed by atoms with Gasteiger partial charge in [0, 0.05) is 5.02 Å². The topological polar surface area (TPSA) is 41.1 Å². The van der Waals surface area contributed by atoms with Crippen molar-refractivity contribution in [2.24, 2.45) is 11.8 Å². The lowest BCUT2D eigenvalue weighted by Gasteiger charge is -2.32. The van der Waals surface area contributed by atoms with E-state index in [9.17, 15) is 4.79 Å². The highest BCUT2D eigenvalue weighted by Crippen LogP contribution is 2.24. The number of nitrogens with one attached hydrogen (secondary N) is 2. The highest BCUT2D eigenvalue weighted by molar-refractivity contribution is 6.30. The summed E-state index contributed by atoms with van der Waals surface area (Å²) in [6, 6.07) is 7.67. The van der Waals surface area contributed by atoms with Gasteiger partial charge in [-0.2, -0.15) is 0 Å². The van der Waals surface area contributed by atoms with Crippen molar-refractivity contribution in [1.29, 1.82) is 0 Å². The Bertz CT molecular complexity index is 472. The molecule has 0 aliphatic carbocycles. The maximum atomic E-state index is 12.6. The van der Waals surface area contributed by atoms with Crippen LogP contribution in [0, 0.1) is 11.8 Å². The minimum Gasteiger partial charge on any atom is -0.348 e. The molecule has 1 saturated heterocycles. The summed E-state index contributed by atoms with van der Waals surface area (Å²) >= 11 is 5.95. The second-order valence-corrected chi connectivity index (χ2v) is 6.77. The molecule has 3 nitrogen and oxygen atoms in total. The van der Waals surface area contributed by atoms with Gasteiger partial charge in [0.2, 0.25) is 5.91 Å². The Hall–Kier alpha value is -1.06. The molecule has 0 bridgehead atoms. The van der Waals surface area contributed by atoms with Crippen LogP contribution in [-0.2, 0) is 4.79 Å². The van der Waals surface area contributed by atoms with Crippen molar-refractivity contribution in [2.45, 2.75) is 45.7 Å². The van der Waals surface area contributed by atoms with Gasteiger partial charge in [0.25, 0.3) is 0 Å². The SMILES string of the molecule is CC(C)C(NC(=O)C1NCCCC1C)c1ccc(Cl)cc1. The Morgan fingerprint density at radius 3 is 2.57 bits per heavy atom. The Labute approximate surface area is 132 Å². The van der Waals surface area contributed by atoms with E-state index in [1.165, 1.54) is 0 Å². The van der Waals surface area contributed by atoms with E-state index in [1.54, 1.807) is 0 Å². The number of carbonyl (C=O) groups is 1. The van der Waals surface area contributed by atoms with Crippen molar-refractivity contribution < 1.29 is 4.79 Å². The van der Waals surface area contributed by atoms with Gasteiger partial charge in [-0.25, -0.2) is 0 Å². The first-order valence-electron chi connectivity index (χ1n) is 7.78. The molecule has 3 atom stereocenters. The molecular weight excluding hydrogens is 284 g/mol. The second-order valence-electron chi connectivity index (χ2n) is 6.33. The second kappa shape index (κ2) is 7.28. The number of piperidine rings is 1. The van der Waals surface area contributed by atoms with Crippen LogP contribution in [0.25, 0.3) is 0 Å². The summed E-state index contributed by atoms with van der Waals surface area (Å²) in [7, 11) is 0. The molecule has 1 aliphatic heterocycles. The number of hydrogen-bond acceptors (Lipinski definition) is 2. The van der Waals surface area contributed by atoms with Crippen LogP contribution in [0.1, 0.15) is 45.2 Å². The van der Waals surface area contributed by atoms with Crippen molar-refractivity contribution in [3.63, 3.8) is 0 Å². The number of rotatable bonds is 4. The van der Waals surface area contributed by atoms with E-state index in [4.69, 9.17) is 11.6 Å². The summed E-state index contributed by atoms with van der Waals surface area (Å²) in [6.07, 6.45) is 2.26. The first kappa shape index (κ1) is 16.3. The molecule has 2 N–H and O–H groups in total. The van der Waals surface area contributed by atoms with Crippen LogP contribution in [0.5, 0.6) is 0 Å². The minimum atomic E-state index is -0.0766.